The van der Waals surface area contributed by atoms with E-state index < -0.39 is 18.0 Å². The minimum atomic E-state index is -0.797. The molecule has 0 saturated heterocycles. The Morgan fingerprint density at radius 2 is 0.420 bits per heavy atom. The Balaban J connectivity index is 1.19. The number of aliphatic hydroxyl groups is 1. The molecule has 0 aromatic rings. The average Bonchev–Trinajstić information content (AvgIpc) is 4.43. The number of hydrogen-bond acceptors (Lipinski definition) is 2. The van der Waals surface area contributed by atoms with E-state index in [1.807, 2.05) is 0 Å². The lowest BCUT2D eigenvalue weighted by molar-refractivity contribution is -0.146. The summed E-state index contributed by atoms with van der Waals surface area (Å²) in [6, 6.07) is 0. The first-order valence-electron chi connectivity index (χ1n) is 39.0. The van der Waals surface area contributed by atoms with Crippen LogP contribution in [0.4, 0.5) is 0 Å². The van der Waals surface area contributed by atoms with Gasteiger partial charge in [0.25, 0.3) is 0 Å². The highest BCUT2D eigenvalue weighted by atomic mass is 16.4. The lowest BCUT2D eigenvalue weighted by Gasteiger charge is -2.19. The Bertz CT molecular complexity index is 1230. The predicted molar refractivity (Wildman–Crippen MR) is 361 cm³/mol. The highest BCUT2D eigenvalue weighted by Gasteiger charge is 2.36. The van der Waals surface area contributed by atoms with Crippen LogP contribution >= 0.6 is 0 Å². The van der Waals surface area contributed by atoms with Crippen LogP contribution in [-0.2, 0) is 4.79 Å². The number of aliphatic hydroxyl groups excluding tert-OH is 1. The third-order valence-corrected chi connectivity index (χ3v) is 20.7. The molecule has 3 heteroatoms. The third-order valence-electron chi connectivity index (χ3n) is 20.7. The second-order valence-corrected chi connectivity index (χ2v) is 28.6. The van der Waals surface area contributed by atoms with E-state index in [0.717, 1.165) is 49.4 Å². The van der Waals surface area contributed by atoms with Crippen LogP contribution < -0.4 is 0 Å². The van der Waals surface area contributed by atoms with Crippen molar-refractivity contribution in [2.75, 3.05) is 0 Å². The molecule has 2 aliphatic rings. The number of rotatable bonds is 71. The first-order chi connectivity index (χ1) is 40.1. The number of hydrogen-bond donors (Lipinski definition) is 2. The lowest BCUT2D eigenvalue weighted by Crippen LogP contribution is -2.28. The zero-order valence-electron chi connectivity index (χ0n) is 56.1. The molecule has 4 unspecified atom stereocenters. The fourth-order valence-corrected chi connectivity index (χ4v) is 14.6. The molecule has 81 heavy (non-hydrogen) atoms. The van der Waals surface area contributed by atoms with Gasteiger partial charge in [-0.15, -0.1) is 0 Å². The van der Waals surface area contributed by atoms with E-state index in [0.29, 0.717) is 12.8 Å². The molecule has 0 spiro atoms. The number of unbranched alkanes of at least 4 members (excludes halogenated alkanes) is 57. The molecule has 0 radical (unpaired) electrons. The molecule has 0 aliphatic heterocycles. The molecular weight excluding hydrogens is 985 g/mol. The summed E-state index contributed by atoms with van der Waals surface area (Å²) in [4.78, 5) is 11.9. The van der Waals surface area contributed by atoms with Gasteiger partial charge in [-0.1, -0.05) is 431 Å². The predicted octanol–water partition coefficient (Wildman–Crippen LogP) is 27.5. The first-order valence-corrected chi connectivity index (χ1v) is 39.0. The second kappa shape index (κ2) is 61.1. The van der Waals surface area contributed by atoms with E-state index in [2.05, 4.69) is 13.8 Å². The average molecular weight is 1140 g/mol. The summed E-state index contributed by atoms with van der Waals surface area (Å²) in [7, 11) is 0. The van der Waals surface area contributed by atoms with Gasteiger partial charge >= 0.3 is 5.97 Å². The van der Waals surface area contributed by atoms with Crippen molar-refractivity contribution < 1.29 is 15.0 Å². The normalized spacial score (nSPS) is 17.6. The highest BCUT2D eigenvalue weighted by Crippen LogP contribution is 2.47. The van der Waals surface area contributed by atoms with Gasteiger partial charge in [0.05, 0.1) is 12.0 Å². The topological polar surface area (TPSA) is 57.5 Å². The van der Waals surface area contributed by atoms with E-state index in [1.165, 1.54) is 379 Å². The smallest absolute Gasteiger partial charge is 0.309 e. The number of carbonyl (C=O) groups is 1. The maximum absolute atomic E-state index is 11.9. The van der Waals surface area contributed by atoms with Crippen molar-refractivity contribution in [3.05, 3.63) is 0 Å². The van der Waals surface area contributed by atoms with Gasteiger partial charge in [-0.05, 0) is 49.4 Å². The van der Waals surface area contributed by atoms with Crippen LogP contribution in [-0.4, -0.2) is 22.3 Å². The molecule has 2 N–H and O–H groups in total. The summed E-state index contributed by atoms with van der Waals surface area (Å²) in [5.41, 5.74) is 0. The zero-order valence-corrected chi connectivity index (χ0v) is 56.1. The summed E-state index contributed by atoms with van der Waals surface area (Å²) in [5, 5.41) is 20.5. The van der Waals surface area contributed by atoms with Gasteiger partial charge in [-0.25, -0.2) is 0 Å². The quantitative estimate of drug-likeness (QED) is 0.0597. The van der Waals surface area contributed by atoms with Crippen LogP contribution in [0.2, 0.25) is 0 Å². The molecule has 0 amide bonds. The summed E-state index contributed by atoms with van der Waals surface area (Å²) in [6.45, 7) is 4.61. The number of carboxylic acids is 1. The van der Waals surface area contributed by atoms with E-state index in [9.17, 15) is 15.0 Å². The molecule has 0 aromatic heterocycles. The molecule has 0 heterocycles. The van der Waals surface area contributed by atoms with Gasteiger partial charge in [0.1, 0.15) is 0 Å². The van der Waals surface area contributed by atoms with Gasteiger partial charge in [0, 0.05) is 0 Å². The van der Waals surface area contributed by atoms with E-state index in [1.54, 1.807) is 25.7 Å². The molecule has 0 aromatic carbocycles. The van der Waals surface area contributed by atoms with Crippen LogP contribution in [0.25, 0.3) is 0 Å². The Kier molecular flexibility index (Phi) is 57.7. The SMILES string of the molecule is CCCCCCCCCCCCCCCCCCCCCC[C@@H](C(=O)O)[C@H](O)CCCCCCCCCCCCCCCCCCCC1CC1CCCCCCCCCCC1CC1CCCCCCCCCCCCCCCCCC. The van der Waals surface area contributed by atoms with Gasteiger partial charge in [0.15, 0.2) is 0 Å². The van der Waals surface area contributed by atoms with Gasteiger partial charge < -0.3 is 10.2 Å². The fraction of sp³-hybridized carbons (Fsp3) is 0.987. The van der Waals surface area contributed by atoms with Crippen LogP contribution in [0.3, 0.4) is 0 Å². The molecule has 2 saturated carbocycles. The van der Waals surface area contributed by atoms with Gasteiger partial charge in [-0.3, -0.25) is 4.79 Å². The summed E-state index contributed by atoms with van der Waals surface area (Å²) < 4.78 is 0. The molecular formula is C78H152O3. The first kappa shape index (κ1) is 76.5. The Morgan fingerprint density at radius 1 is 0.259 bits per heavy atom. The Morgan fingerprint density at radius 3 is 0.605 bits per heavy atom. The maximum atomic E-state index is 11.9. The maximum Gasteiger partial charge on any atom is 0.309 e. The van der Waals surface area contributed by atoms with Crippen molar-refractivity contribution in [3.8, 4) is 0 Å². The van der Waals surface area contributed by atoms with Gasteiger partial charge in [-0.2, -0.15) is 0 Å². The Labute approximate surface area is 511 Å². The summed E-state index contributed by atoms with van der Waals surface area (Å²) in [6.07, 6.45) is 96.0. The largest absolute Gasteiger partial charge is 0.481 e. The molecule has 482 valence electrons. The van der Waals surface area contributed by atoms with Crippen molar-refractivity contribution in [3.63, 3.8) is 0 Å². The van der Waals surface area contributed by atoms with Crippen molar-refractivity contribution in [2.24, 2.45) is 29.6 Å². The minimum Gasteiger partial charge on any atom is -0.481 e. The van der Waals surface area contributed by atoms with Crippen LogP contribution in [0.1, 0.15) is 457 Å². The standard InChI is InChI=1S/C78H152O3/c1-3-5-7-9-11-13-15-17-19-21-22-23-26-30-34-38-42-50-56-62-68-76(78(80)81)77(79)69-63-57-51-43-39-35-31-27-24-25-29-33-37-41-47-53-59-65-73-71-75(73)67-61-55-49-45-44-48-54-60-66-74-70-72(74)64-58-52-46-40-36-32-28-20-18-16-14-12-10-8-6-4-2/h72-77,79H,3-71H2,1-2H3,(H,80,81)/t72?,73?,74?,75?,76-,77-/m1/s1. The Hall–Kier alpha value is -0.570. The summed E-state index contributed by atoms with van der Waals surface area (Å²) >= 11 is 0. The van der Waals surface area contributed by atoms with E-state index in [-0.39, 0.29) is 0 Å². The molecule has 0 bridgehead atoms. The monoisotopic (exact) mass is 1140 g/mol. The van der Waals surface area contributed by atoms with Crippen molar-refractivity contribution in [1.82, 2.24) is 0 Å². The molecule has 6 atom stereocenters. The van der Waals surface area contributed by atoms with Gasteiger partial charge in [0.2, 0.25) is 0 Å². The molecule has 2 rings (SSSR count). The molecule has 2 aliphatic carbocycles. The fourth-order valence-electron chi connectivity index (χ4n) is 14.6. The van der Waals surface area contributed by atoms with Crippen molar-refractivity contribution >= 4 is 5.97 Å². The van der Waals surface area contributed by atoms with Crippen molar-refractivity contribution in [2.45, 2.75) is 463 Å². The number of carboxylic acid groups (broad SMARTS) is 1. The zero-order chi connectivity index (χ0) is 57.8. The number of aliphatic carboxylic acids is 1. The summed E-state index contributed by atoms with van der Waals surface area (Å²) in [5.74, 6) is 3.06. The van der Waals surface area contributed by atoms with Crippen LogP contribution in [0.15, 0.2) is 0 Å². The van der Waals surface area contributed by atoms with Crippen molar-refractivity contribution in [1.29, 1.82) is 0 Å². The van der Waals surface area contributed by atoms with E-state index in [4.69, 9.17) is 0 Å². The molecule has 2 fully saturated rings. The van der Waals surface area contributed by atoms with Crippen LogP contribution in [0.5, 0.6) is 0 Å². The minimum absolute atomic E-state index is 0.580. The second-order valence-electron chi connectivity index (χ2n) is 28.6. The van der Waals surface area contributed by atoms with Crippen LogP contribution in [0, 0.1) is 29.6 Å². The third kappa shape index (κ3) is 53.4. The highest BCUT2D eigenvalue weighted by molar-refractivity contribution is 5.70. The van der Waals surface area contributed by atoms with E-state index >= 15 is 0 Å². The lowest BCUT2D eigenvalue weighted by atomic mass is 9.91. The molecule has 3 nitrogen and oxygen atoms in total.